The second-order valence-corrected chi connectivity index (χ2v) is 3.76. The van der Waals surface area contributed by atoms with Crippen LogP contribution in [0.4, 0.5) is 5.69 Å². The van der Waals surface area contributed by atoms with E-state index in [9.17, 15) is 4.79 Å². The van der Waals surface area contributed by atoms with E-state index in [1.807, 2.05) is 6.07 Å². The van der Waals surface area contributed by atoms with Crippen LogP contribution in [0.3, 0.4) is 0 Å². The third-order valence-corrected chi connectivity index (χ3v) is 2.54. The van der Waals surface area contributed by atoms with Crippen LogP contribution in [0.15, 0.2) is 24.4 Å². The van der Waals surface area contributed by atoms with Gasteiger partial charge in [-0.3, -0.25) is 4.79 Å². The molecule has 5 nitrogen and oxygen atoms in total. The average molecular weight is 233 g/mol. The first kappa shape index (κ1) is 11.5. The Morgan fingerprint density at radius 1 is 1.53 bits per heavy atom. The molecular formula is C12H15N3O2. The van der Waals surface area contributed by atoms with E-state index in [1.165, 1.54) is 0 Å². The third-order valence-electron chi connectivity index (χ3n) is 2.54. The number of H-pyrrole nitrogens is 1. The number of hydrogen-bond acceptors (Lipinski definition) is 3. The van der Waals surface area contributed by atoms with Crippen LogP contribution in [-0.2, 0) is 4.74 Å². The van der Waals surface area contributed by atoms with Gasteiger partial charge in [0.25, 0.3) is 5.91 Å². The molecule has 0 aliphatic carbocycles. The highest BCUT2D eigenvalue weighted by atomic mass is 16.5. The van der Waals surface area contributed by atoms with Gasteiger partial charge in [0.15, 0.2) is 0 Å². The molecule has 0 fully saturated rings. The molecule has 0 aliphatic rings. The summed E-state index contributed by atoms with van der Waals surface area (Å²) in [6.07, 6.45) is 1.69. The Kier molecular flexibility index (Phi) is 3.30. The van der Waals surface area contributed by atoms with E-state index in [2.05, 4.69) is 10.3 Å². The van der Waals surface area contributed by atoms with E-state index in [1.54, 1.807) is 25.4 Å². The first-order valence-electron chi connectivity index (χ1n) is 5.36. The Morgan fingerprint density at radius 3 is 3.12 bits per heavy atom. The zero-order chi connectivity index (χ0) is 12.3. The maximum absolute atomic E-state index is 11.9. The highest BCUT2D eigenvalue weighted by Gasteiger charge is 2.11. The summed E-state index contributed by atoms with van der Waals surface area (Å²) in [4.78, 5) is 14.9. The van der Waals surface area contributed by atoms with Crippen molar-refractivity contribution in [3.8, 4) is 0 Å². The Morgan fingerprint density at radius 2 is 2.35 bits per heavy atom. The summed E-state index contributed by atoms with van der Waals surface area (Å²) in [5, 5.41) is 3.65. The topological polar surface area (TPSA) is 80.1 Å². The normalized spacial score (nSPS) is 10.6. The van der Waals surface area contributed by atoms with E-state index in [0.29, 0.717) is 24.4 Å². The van der Waals surface area contributed by atoms with Gasteiger partial charge in [0.05, 0.1) is 12.2 Å². The van der Waals surface area contributed by atoms with Gasteiger partial charge in [-0.25, -0.2) is 0 Å². The van der Waals surface area contributed by atoms with Gasteiger partial charge in [-0.05, 0) is 18.2 Å². The van der Waals surface area contributed by atoms with Crippen LogP contribution in [0.25, 0.3) is 10.9 Å². The quantitative estimate of drug-likeness (QED) is 0.547. The molecule has 0 bridgehead atoms. The van der Waals surface area contributed by atoms with Gasteiger partial charge in [-0.1, -0.05) is 0 Å². The number of aromatic nitrogens is 1. The lowest BCUT2D eigenvalue weighted by atomic mass is 10.1. The van der Waals surface area contributed by atoms with Crippen LogP contribution >= 0.6 is 0 Å². The third kappa shape index (κ3) is 2.39. The molecule has 90 valence electrons. The molecule has 0 spiro atoms. The number of benzene rings is 1. The molecule has 2 aromatic rings. The van der Waals surface area contributed by atoms with Crippen molar-refractivity contribution in [1.29, 1.82) is 0 Å². The van der Waals surface area contributed by atoms with Gasteiger partial charge in [0.1, 0.15) is 0 Å². The minimum absolute atomic E-state index is 0.113. The second-order valence-electron chi connectivity index (χ2n) is 3.76. The summed E-state index contributed by atoms with van der Waals surface area (Å²) in [6, 6.07) is 5.43. The van der Waals surface area contributed by atoms with Crippen LogP contribution < -0.4 is 11.1 Å². The fourth-order valence-electron chi connectivity index (χ4n) is 1.69. The van der Waals surface area contributed by atoms with Gasteiger partial charge in [-0.2, -0.15) is 0 Å². The van der Waals surface area contributed by atoms with E-state index in [-0.39, 0.29) is 5.91 Å². The Bertz CT molecular complexity index is 534. The van der Waals surface area contributed by atoms with Crippen molar-refractivity contribution >= 4 is 22.5 Å². The molecule has 1 heterocycles. The van der Waals surface area contributed by atoms with Gasteiger partial charge in [0, 0.05) is 36.4 Å². The molecule has 1 aromatic carbocycles. The summed E-state index contributed by atoms with van der Waals surface area (Å²) in [5.41, 5.74) is 7.83. The van der Waals surface area contributed by atoms with Crippen molar-refractivity contribution in [2.75, 3.05) is 26.0 Å². The number of anilines is 1. The number of aromatic amines is 1. The maximum Gasteiger partial charge on any atom is 0.253 e. The van der Waals surface area contributed by atoms with E-state index in [0.717, 1.165) is 10.9 Å². The first-order valence-corrected chi connectivity index (χ1v) is 5.36. The number of hydrogen-bond donors (Lipinski definition) is 3. The summed E-state index contributed by atoms with van der Waals surface area (Å²) >= 11 is 0. The number of nitrogen functional groups attached to an aromatic ring is 1. The molecule has 0 radical (unpaired) electrons. The Labute approximate surface area is 98.9 Å². The number of carbonyl (C=O) groups is 1. The van der Waals surface area contributed by atoms with Crippen molar-refractivity contribution in [1.82, 2.24) is 10.3 Å². The lowest BCUT2D eigenvalue weighted by Gasteiger charge is -2.03. The second kappa shape index (κ2) is 4.88. The molecule has 0 saturated heterocycles. The lowest BCUT2D eigenvalue weighted by Crippen LogP contribution is -2.26. The molecule has 0 unspecified atom stereocenters. The summed E-state index contributed by atoms with van der Waals surface area (Å²) in [5.74, 6) is -0.113. The molecule has 0 atom stereocenters. The van der Waals surface area contributed by atoms with E-state index >= 15 is 0 Å². The van der Waals surface area contributed by atoms with Crippen molar-refractivity contribution in [2.45, 2.75) is 0 Å². The molecule has 1 aromatic heterocycles. The smallest absolute Gasteiger partial charge is 0.253 e. The van der Waals surface area contributed by atoms with Crippen LogP contribution in [0, 0.1) is 0 Å². The van der Waals surface area contributed by atoms with Gasteiger partial charge < -0.3 is 20.8 Å². The van der Waals surface area contributed by atoms with Gasteiger partial charge in [0.2, 0.25) is 0 Å². The number of ether oxygens (including phenoxy) is 1. The molecular weight excluding hydrogens is 218 g/mol. The number of fused-ring (bicyclic) bond motifs is 1. The zero-order valence-electron chi connectivity index (χ0n) is 9.62. The molecule has 2 rings (SSSR count). The standard InChI is InChI=1S/C12H15N3O2/c1-17-5-4-14-12(16)10-7-15-11-6-8(13)2-3-9(10)11/h2-3,6-7,15H,4-5,13H2,1H3,(H,14,16). The maximum atomic E-state index is 11.9. The Balaban J connectivity index is 2.21. The van der Waals surface area contributed by atoms with Gasteiger partial charge >= 0.3 is 0 Å². The number of rotatable bonds is 4. The van der Waals surface area contributed by atoms with Crippen molar-refractivity contribution in [2.24, 2.45) is 0 Å². The number of nitrogens with one attached hydrogen (secondary N) is 2. The van der Waals surface area contributed by atoms with Crippen molar-refractivity contribution in [3.05, 3.63) is 30.0 Å². The fraction of sp³-hybridized carbons (Fsp3) is 0.250. The monoisotopic (exact) mass is 233 g/mol. The molecule has 0 saturated carbocycles. The molecule has 0 aliphatic heterocycles. The van der Waals surface area contributed by atoms with E-state index < -0.39 is 0 Å². The molecule has 4 N–H and O–H groups in total. The van der Waals surface area contributed by atoms with Gasteiger partial charge in [-0.15, -0.1) is 0 Å². The summed E-state index contributed by atoms with van der Waals surface area (Å²) in [7, 11) is 1.60. The fourth-order valence-corrected chi connectivity index (χ4v) is 1.69. The number of amides is 1. The largest absolute Gasteiger partial charge is 0.399 e. The SMILES string of the molecule is COCCNC(=O)c1c[nH]c2cc(N)ccc12. The minimum atomic E-state index is -0.113. The van der Waals surface area contributed by atoms with Crippen LogP contribution in [0.1, 0.15) is 10.4 Å². The lowest BCUT2D eigenvalue weighted by molar-refractivity contribution is 0.0939. The zero-order valence-corrected chi connectivity index (χ0v) is 9.62. The highest BCUT2D eigenvalue weighted by Crippen LogP contribution is 2.20. The summed E-state index contributed by atoms with van der Waals surface area (Å²) in [6.45, 7) is 0.998. The first-order chi connectivity index (χ1) is 8.22. The average Bonchev–Trinajstić information content (AvgIpc) is 2.72. The van der Waals surface area contributed by atoms with Crippen LogP contribution in [-0.4, -0.2) is 31.2 Å². The minimum Gasteiger partial charge on any atom is -0.399 e. The predicted molar refractivity (Wildman–Crippen MR) is 66.9 cm³/mol. The molecule has 5 heteroatoms. The van der Waals surface area contributed by atoms with Crippen LogP contribution in [0.5, 0.6) is 0 Å². The molecule has 17 heavy (non-hydrogen) atoms. The molecule has 1 amide bonds. The van der Waals surface area contributed by atoms with Crippen LogP contribution in [0.2, 0.25) is 0 Å². The number of nitrogens with two attached hydrogens (primary N) is 1. The predicted octanol–water partition coefficient (Wildman–Crippen LogP) is 1.13. The van der Waals surface area contributed by atoms with Crippen molar-refractivity contribution < 1.29 is 9.53 Å². The highest BCUT2D eigenvalue weighted by molar-refractivity contribution is 6.07. The Hall–Kier alpha value is -2.01. The van der Waals surface area contributed by atoms with Crippen molar-refractivity contribution in [3.63, 3.8) is 0 Å². The number of carbonyl (C=O) groups excluding carboxylic acids is 1. The van der Waals surface area contributed by atoms with E-state index in [4.69, 9.17) is 10.5 Å². The number of methoxy groups -OCH3 is 1. The summed E-state index contributed by atoms with van der Waals surface area (Å²) < 4.78 is 4.87.